The van der Waals surface area contributed by atoms with Gasteiger partial charge in [-0.2, -0.15) is 0 Å². The number of pyridine rings is 1. The lowest BCUT2D eigenvalue weighted by molar-refractivity contribution is 0.102. The molecule has 0 radical (unpaired) electrons. The summed E-state index contributed by atoms with van der Waals surface area (Å²) in [5.41, 5.74) is 1.08. The summed E-state index contributed by atoms with van der Waals surface area (Å²) in [6.45, 7) is 2.81. The predicted molar refractivity (Wildman–Crippen MR) is 94.1 cm³/mol. The standard InChI is InChI=1S/C18H16N4O4/c1-11-8-17(22-26-11)21-16-9-12(4-5-19-16)18(23)20-13-2-3-14-15(10-13)25-7-6-24-14/h2-5,8-10H,6-7H2,1H3,(H,20,23)(H,19,21,22). The first kappa shape index (κ1) is 15.9. The van der Waals surface area contributed by atoms with Crippen molar-refractivity contribution in [1.82, 2.24) is 10.1 Å². The maximum atomic E-state index is 12.5. The van der Waals surface area contributed by atoms with Crippen LogP contribution in [0.4, 0.5) is 17.3 Å². The number of fused-ring (bicyclic) bond motifs is 1. The molecule has 1 aliphatic heterocycles. The second-order valence-electron chi connectivity index (χ2n) is 5.69. The van der Waals surface area contributed by atoms with Crippen LogP contribution in [0, 0.1) is 6.92 Å². The lowest BCUT2D eigenvalue weighted by Gasteiger charge is -2.19. The Morgan fingerprint density at radius 1 is 1.04 bits per heavy atom. The van der Waals surface area contributed by atoms with Gasteiger partial charge >= 0.3 is 0 Å². The topological polar surface area (TPSA) is 98.5 Å². The molecule has 132 valence electrons. The molecule has 3 heterocycles. The SMILES string of the molecule is Cc1cc(Nc2cc(C(=O)Nc3ccc4c(c3)OCCO4)ccn2)no1. The molecule has 0 fully saturated rings. The van der Waals surface area contributed by atoms with Crippen LogP contribution in [0.5, 0.6) is 11.5 Å². The summed E-state index contributed by atoms with van der Waals surface area (Å²) in [4.78, 5) is 16.7. The molecule has 0 saturated carbocycles. The van der Waals surface area contributed by atoms with E-state index in [1.165, 1.54) is 0 Å². The number of nitrogens with one attached hydrogen (secondary N) is 2. The third-order valence-corrected chi connectivity index (χ3v) is 3.71. The van der Waals surface area contributed by atoms with E-state index >= 15 is 0 Å². The highest BCUT2D eigenvalue weighted by atomic mass is 16.6. The fraction of sp³-hybridized carbons (Fsp3) is 0.167. The molecule has 3 aromatic rings. The van der Waals surface area contributed by atoms with Crippen molar-refractivity contribution in [3.05, 3.63) is 53.9 Å². The molecule has 2 N–H and O–H groups in total. The molecule has 26 heavy (non-hydrogen) atoms. The maximum Gasteiger partial charge on any atom is 0.255 e. The molecule has 0 saturated heterocycles. The monoisotopic (exact) mass is 352 g/mol. The first-order chi connectivity index (χ1) is 12.7. The van der Waals surface area contributed by atoms with E-state index < -0.39 is 0 Å². The van der Waals surface area contributed by atoms with Gasteiger partial charge in [-0.25, -0.2) is 4.98 Å². The molecule has 1 aliphatic rings. The molecular weight excluding hydrogens is 336 g/mol. The van der Waals surface area contributed by atoms with Crippen molar-refractivity contribution in [2.45, 2.75) is 6.92 Å². The van der Waals surface area contributed by atoms with Gasteiger partial charge < -0.3 is 24.6 Å². The van der Waals surface area contributed by atoms with Gasteiger partial charge in [0.05, 0.1) is 0 Å². The van der Waals surface area contributed by atoms with E-state index in [1.54, 1.807) is 49.5 Å². The number of aromatic nitrogens is 2. The minimum Gasteiger partial charge on any atom is -0.486 e. The highest BCUT2D eigenvalue weighted by Crippen LogP contribution is 2.32. The molecule has 0 atom stereocenters. The minimum absolute atomic E-state index is 0.261. The molecule has 8 nitrogen and oxygen atoms in total. The highest BCUT2D eigenvalue weighted by Gasteiger charge is 2.14. The van der Waals surface area contributed by atoms with Crippen molar-refractivity contribution in [2.24, 2.45) is 0 Å². The average molecular weight is 352 g/mol. The predicted octanol–water partition coefficient (Wildman–Crippen LogP) is 3.15. The van der Waals surface area contributed by atoms with Gasteiger partial charge in [-0.05, 0) is 31.2 Å². The van der Waals surface area contributed by atoms with Crippen LogP contribution < -0.4 is 20.1 Å². The molecule has 0 unspecified atom stereocenters. The van der Waals surface area contributed by atoms with Crippen molar-refractivity contribution in [1.29, 1.82) is 0 Å². The number of hydrogen-bond acceptors (Lipinski definition) is 7. The Balaban J connectivity index is 1.48. The van der Waals surface area contributed by atoms with Crippen LogP contribution in [-0.4, -0.2) is 29.3 Å². The van der Waals surface area contributed by atoms with Crippen molar-refractivity contribution in [3.8, 4) is 11.5 Å². The summed E-state index contributed by atoms with van der Waals surface area (Å²) in [5.74, 6) is 2.73. The van der Waals surface area contributed by atoms with Gasteiger partial charge in [0, 0.05) is 29.6 Å². The van der Waals surface area contributed by atoms with Gasteiger partial charge in [0.1, 0.15) is 24.8 Å². The fourth-order valence-corrected chi connectivity index (χ4v) is 2.52. The van der Waals surface area contributed by atoms with E-state index in [9.17, 15) is 4.79 Å². The summed E-state index contributed by atoms with van der Waals surface area (Å²) in [7, 11) is 0. The van der Waals surface area contributed by atoms with E-state index in [1.807, 2.05) is 0 Å². The minimum atomic E-state index is -0.261. The quantitative estimate of drug-likeness (QED) is 0.744. The van der Waals surface area contributed by atoms with Crippen LogP contribution >= 0.6 is 0 Å². The summed E-state index contributed by atoms with van der Waals surface area (Å²) < 4.78 is 16.0. The normalized spacial score (nSPS) is 12.5. The van der Waals surface area contributed by atoms with Gasteiger partial charge in [0.15, 0.2) is 17.3 Å². The fourth-order valence-electron chi connectivity index (χ4n) is 2.52. The van der Waals surface area contributed by atoms with Gasteiger partial charge in [0.2, 0.25) is 0 Å². The van der Waals surface area contributed by atoms with E-state index in [2.05, 4.69) is 20.8 Å². The second kappa shape index (κ2) is 6.75. The number of anilines is 3. The van der Waals surface area contributed by atoms with Crippen LogP contribution in [-0.2, 0) is 0 Å². The second-order valence-corrected chi connectivity index (χ2v) is 5.69. The van der Waals surface area contributed by atoms with Crippen LogP contribution in [0.3, 0.4) is 0 Å². The number of amides is 1. The van der Waals surface area contributed by atoms with Crippen LogP contribution in [0.15, 0.2) is 47.1 Å². The van der Waals surface area contributed by atoms with Gasteiger partial charge in [-0.15, -0.1) is 0 Å². The summed E-state index contributed by atoms with van der Waals surface area (Å²) >= 11 is 0. The first-order valence-electron chi connectivity index (χ1n) is 8.05. The highest BCUT2D eigenvalue weighted by molar-refractivity contribution is 6.04. The molecule has 1 aromatic carbocycles. The molecular formula is C18H16N4O4. The third-order valence-electron chi connectivity index (χ3n) is 3.71. The number of aryl methyl sites for hydroxylation is 1. The summed E-state index contributed by atoms with van der Waals surface area (Å²) in [6, 6.07) is 10.3. The number of carbonyl (C=O) groups is 1. The zero-order valence-electron chi connectivity index (χ0n) is 14.0. The third kappa shape index (κ3) is 3.44. The van der Waals surface area contributed by atoms with Crippen LogP contribution in [0.2, 0.25) is 0 Å². The number of carbonyl (C=O) groups excluding carboxylic acids is 1. The molecule has 0 aliphatic carbocycles. The zero-order valence-corrected chi connectivity index (χ0v) is 14.0. The Morgan fingerprint density at radius 3 is 2.69 bits per heavy atom. The van der Waals surface area contributed by atoms with Gasteiger partial charge in [0.25, 0.3) is 5.91 Å². The Hall–Kier alpha value is -3.55. The first-order valence-corrected chi connectivity index (χ1v) is 8.05. The average Bonchev–Trinajstić information content (AvgIpc) is 3.06. The molecule has 8 heteroatoms. The Morgan fingerprint density at radius 2 is 1.88 bits per heavy atom. The molecule has 0 bridgehead atoms. The number of ether oxygens (including phenoxy) is 2. The molecule has 1 amide bonds. The molecule has 4 rings (SSSR count). The summed E-state index contributed by atoms with van der Waals surface area (Å²) in [6.07, 6.45) is 1.55. The van der Waals surface area contributed by atoms with Crippen LogP contribution in [0.25, 0.3) is 0 Å². The van der Waals surface area contributed by atoms with Gasteiger partial charge in [-0.1, -0.05) is 5.16 Å². The molecule has 0 spiro atoms. The van der Waals surface area contributed by atoms with E-state index in [4.69, 9.17) is 14.0 Å². The number of hydrogen-bond donors (Lipinski definition) is 2. The summed E-state index contributed by atoms with van der Waals surface area (Å²) in [5, 5.41) is 9.67. The maximum absolute atomic E-state index is 12.5. The van der Waals surface area contributed by atoms with Crippen LogP contribution in [0.1, 0.15) is 16.1 Å². The Bertz CT molecular complexity index is 954. The van der Waals surface area contributed by atoms with Gasteiger partial charge in [-0.3, -0.25) is 4.79 Å². The Kier molecular flexibility index (Phi) is 4.14. The number of nitrogens with zero attached hydrogens (tertiary/aromatic N) is 2. The van der Waals surface area contributed by atoms with E-state index in [-0.39, 0.29) is 5.91 Å². The van der Waals surface area contributed by atoms with Crippen molar-refractivity contribution in [3.63, 3.8) is 0 Å². The lowest BCUT2D eigenvalue weighted by atomic mass is 10.2. The zero-order chi connectivity index (χ0) is 17.9. The number of benzene rings is 1. The number of rotatable bonds is 4. The smallest absolute Gasteiger partial charge is 0.255 e. The molecule has 2 aromatic heterocycles. The largest absolute Gasteiger partial charge is 0.486 e. The van der Waals surface area contributed by atoms with E-state index in [0.29, 0.717) is 53.4 Å². The van der Waals surface area contributed by atoms with Crippen molar-refractivity contribution in [2.75, 3.05) is 23.8 Å². The Labute approximate surface area is 149 Å². The lowest BCUT2D eigenvalue weighted by Crippen LogP contribution is -2.16. The van der Waals surface area contributed by atoms with Crippen molar-refractivity contribution >= 4 is 23.2 Å². The van der Waals surface area contributed by atoms with Crippen molar-refractivity contribution < 1.29 is 18.8 Å². The van der Waals surface area contributed by atoms with E-state index in [0.717, 1.165) is 0 Å².